The number of β-amino-alcohol motifs (C(OH)–C–C–N with tert-alkyl or cyclic N) is 1. The molecule has 1 fully saturated rings. The first-order chi connectivity index (χ1) is 12.3. The average molecular weight is 380 g/mol. The smallest absolute Gasteiger partial charge is 0.214 e. The maximum absolute atomic E-state index is 13.8. The SMILES string of the molecule is O=S1(=O)CCCN1CC(O)Cn1c2ccc(F)cc2c2ccc(F)cc21. The van der Waals surface area contributed by atoms with Gasteiger partial charge in [-0.2, -0.15) is 4.31 Å². The average Bonchev–Trinajstić information content (AvgIpc) is 3.05. The van der Waals surface area contributed by atoms with Crippen LogP contribution in [-0.2, 0) is 16.6 Å². The lowest BCUT2D eigenvalue weighted by atomic mass is 10.1. The van der Waals surface area contributed by atoms with Crippen LogP contribution in [0, 0.1) is 11.6 Å². The van der Waals surface area contributed by atoms with Gasteiger partial charge in [0.2, 0.25) is 10.0 Å². The van der Waals surface area contributed by atoms with E-state index in [4.69, 9.17) is 0 Å². The van der Waals surface area contributed by atoms with Crippen LogP contribution in [0.2, 0.25) is 0 Å². The van der Waals surface area contributed by atoms with Gasteiger partial charge in [-0.05, 0) is 42.8 Å². The molecule has 8 heteroatoms. The molecule has 0 radical (unpaired) electrons. The minimum atomic E-state index is -3.30. The minimum Gasteiger partial charge on any atom is -0.390 e. The van der Waals surface area contributed by atoms with E-state index in [2.05, 4.69) is 0 Å². The predicted molar refractivity (Wildman–Crippen MR) is 95.3 cm³/mol. The van der Waals surface area contributed by atoms with Crippen LogP contribution in [0.1, 0.15) is 6.42 Å². The fraction of sp³-hybridized carbons (Fsp3) is 0.333. The molecule has 4 rings (SSSR count). The Bertz CT molecular complexity index is 1090. The van der Waals surface area contributed by atoms with Crippen molar-refractivity contribution in [2.45, 2.75) is 19.1 Å². The third kappa shape index (κ3) is 2.98. The number of fused-ring (bicyclic) bond motifs is 3. The van der Waals surface area contributed by atoms with E-state index in [1.54, 1.807) is 16.7 Å². The minimum absolute atomic E-state index is 0.0139. The molecule has 0 saturated carbocycles. The number of sulfonamides is 1. The molecule has 0 amide bonds. The Hall–Kier alpha value is -2.03. The quantitative estimate of drug-likeness (QED) is 0.756. The lowest BCUT2D eigenvalue weighted by Gasteiger charge is -2.20. The van der Waals surface area contributed by atoms with Crippen LogP contribution in [0.4, 0.5) is 8.78 Å². The Morgan fingerprint density at radius 2 is 1.73 bits per heavy atom. The molecule has 5 nitrogen and oxygen atoms in total. The number of benzene rings is 2. The van der Waals surface area contributed by atoms with Gasteiger partial charge in [0.15, 0.2) is 0 Å². The summed E-state index contributed by atoms with van der Waals surface area (Å²) in [5, 5.41) is 11.8. The zero-order valence-electron chi connectivity index (χ0n) is 13.9. The van der Waals surface area contributed by atoms with E-state index < -0.39 is 27.8 Å². The summed E-state index contributed by atoms with van der Waals surface area (Å²) >= 11 is 0. The molecule has 1 unspecified atom stereocenters. The molecule has 1 aromatic heterocycles. The largest absolute Gasteiger partial charge is 0.390 e. The monoisotopic (exact) mass is 380 g/mol. The number of hydrogen-bond donors (Lipinski definition) is 1. The van der Waals surface area contributed by atoms with Crippen molar-refractivity contribution in [1.82, 2.24) is 8.87 Å². The molecule has 0 bridgehead atoms. The number of nitrogens with zero attached hydrogens (tertiary/aromatic N) is 2. The van der Waals surface area contributed by atoms with E-state index in [1.165, 1.54) is 28.6 Å². The highest BCUT2D eigenvalue weighted by molar-refractivity contribution is 7.89. The molecule has 2 heterocycles. The molecule has 3 aromatic rings. The van der Waals surface area contributed by atoms with Crippen molar-refractivity contribution >= 4 is 31.8 Å². The Kier molecular flexibility index (Phi) is 4.21. The van der Waals surface area contributed by atoms with Crippen LogP contribution in [-0.4, -0.2) is 47.3 Å². The van der Waals surface area contributed by atoms with Crippen molar-refractivity contribution in [1.29, 1.82) is 0 Å². The van der Waals surface area contributed by atoms with E-state index >= 15 is 0 Å². The number of hydrogen-bond acceptors (Lipinski definition) is 3. The molecule has 0 spiro atoms. The van der Waals surface area contributed by atoms with Gasteiger partial charge in [0, 0.05) is 29.4 Å². The Morgan fingerprint density at radius 1 is 1.00 bits per heavy atom. The summed E-state index contributed by atoms with van der Waals surface area (Å²) in [7, 11) is -3.30. The van der Waals surface area contributed by atoms with Gasteiger partial charge in [-0.15, -0.1) is 0 Å². The summed E-state index contributed by atoms with van der Waals surface area (Å²) in [6.07, 6.45) is -0.412. The van der Waals surface area contributed by atoms with E-state index in [9.17, 15) is 22.3 Å². The lowest BCUT2D eigenvalue weighted by molar-refractivity contribution is 0.133. The summed E-state index contributed by atoms with van der Waals surface area (Å²) in [6.45, 7) is 0.466. The predicted octanol–water partition coefficient (Wildman–Crippen LogP) is 2.47. The molecule has 1 N–H and O–H groups in total. The van der Waals surface area contributed by atoms with Gasteiger partial charge in [0.1, 0.15) is 11.6 Å². The van der Waals surface area contributed by atoms with E-state index in [1.807, 2.05) is 0 Å². The Labute approximate surface area is 149 Å². The summed E-state index contributed by atoms with van der Waals surface area (Å²) in [4.78, 5) is 0. The maximum Gasteiger partial charge on any atom is 0.214 e. The summed E-state index contributed by atoms with van der Waals surface area (Å²) in [5.74, 6) is -0.734. The summed E-state index contributed by atoms with van der Waals surface area (Å²) < 4.78 is 54.3. The molecule has 1 aliphatic heterocycles. The first kappa shape index (κ1) is 17.4. The molecule has 2 aromatic carbocycles. The maximum atomic E-state index is 13.8. The first-order valence-corrected chi connectivity index (χ1v) is 9.99. The standard InChI is InChI=1S/C18H18F2N2O3S/c19-12-3-5-17-16(8-12)15-4-2-13(20)9-18(15)22(17)11-14(23)10-21-6-1-7-26(21,24)25/h2-5,8-9,14,23H,1,6-7,10-11H2. The topological polar surface area (TPSA) is 62.5 Å². The molecule has 1 atom stereocenters. The second kappa shape index (κ2) is 6.29. The van der Waals surface area contributed by atoms with Gasteiger partial charge in [0.05, 0.1) is 23.9 Å². The highest BCUT2D eigenvalue weighted by atomic mass is 32.2. The van der Waals surface area contributed by atoms with Crippen LogP contribution in [0.3, 0.4) is 0 Å². The third-order valence-electron chi connectivity index (χ3n) is 4.80. The molecule has 0 aliphatic carbocycles. The van der Waals surface area contributed by atoms with Gasteiger partial charge in [-0.1, -0.05) is 0 Å². The molecule has 138 valence electrons. The zero-order valence-corrected chi connectivity index (χ0v) is 14.7. The molecular weight excluding hydrogens is 362 g/mol. The number of aliphatic hydroxyl groups excluding tert-OH is 1. The number of rotatable bonds is 4. The van der Waals surface area contributed by atoms with Crippen molar-refractivity contribution in [2.75, 3.05) is 18.8 Å². The second-order valence-electron chi connectivity index (χ2n) is 6.61. The molecular formula is C18H18F2N2O3S. The Morgan fingerprint density at radius 3 is 2.46 bits per heavy atom. The van der Waals surface area contributed by atoms with Crippen molar-refractivity contribution in [3.8, 4) is 0 Å². The second-order valence-corrected chi connectivity index (χ2v) is 8.70. The fourth-order valence-electron chi connectivity index (χ4n) is 3.64. The summed E-state index contributed by atoms with van der Waals surface area (Å²) in [6, 6.07) is 8.51. The van der Waals surface area contributed by atoms with Crippen molar-refractivity contribution in [3.63, 3.8) is 0 Å². The van der Waals surface area contributed by atoms with Crippen LogP contribution in [0.5, 0.6) is 0 Å². The van der Waals surface area contributed by atoms with Crippen LogP contribution in [0.15, 0.2) is 36.4 Å². The zero-order chi connectivity index (χ0) is 18.5. The van der Waals surface area contributed by atoms with Gasteiger partial charge in [0.25, 0.3) is 0 Å². The first-order valence-electron chi connectivity index (χ1n) is 8.38. The van der Waals surface area contributed by atoms with Crippen LogP contribution < -0.4 is 0 Å². The van der Waals surface area contributed by atoms with Gasteiger partial charge in [-0.25, -0.2) is 17.2 Å². The number of aliphatic hydroxyl groups is 1. The lowest BCUT2D eigenvalue weighted by Crippen LogP contribution is -2.35. The van der Waals surface area contributed by atoms with E-state index in [0.717, 1.165) is 0 Å². The van der Waals surface area contributed by atoms with E-state index in [-0.39, 0.29) is 18.8 Å². The van der Waals surface area contributed by atoms with Gasteiger partial charge < -0.3 is 9.67 Å². The van der Waals surface area contributed by atoms with Gasteiger partial charge in [-0.3, -0.25) is 0 Å². The van der Waals surface area contributed by atoms with Crippen LogP contribution in [0.25, 0.3) is 21.8 Å². The van der Waals surface area contributed by atoms with Crippen molar-refractivity contribution < 1.29 is 22.3 Å². The Balaban J connectivity index is 1.74. The van der Waals surface area contributed by atoms with Crippen molar-refractivity contribution in [3.05, 3.63) is 48.0 Å². The van der Waals surface area contributed by atoms with Gasteiger partial charge >= 0.3 is 0 Å². The number of aromatic nitrogens is 1. The highest BCUT2D eigenvalue weighted by Crippen LogP contribution is 2.30. The van der Waals surface area contributed by atoms with Crippen LogP contribution >= 0.6 is 0 Å². The molecule has 1 aliphatic rings. The highest BCUT2D eigenvalue weighted by Gasteiger charge is 2.30. The normalized spacial score (nSPS) is 18.7. The molecule has 1 saturated heterocycles. The summed E-state index contributed by atoms with van der Waals surface area (Å²) in [5.41, 5.74) is 1.20. The third-order valence-corrected chi connectivity index (χ3v) is 6.72. The fourth-order valence-corrected chi connectivity index (χ4v) is 5.20. The van der Waals surface area contributed by atoms with E-state index in [0.29, 0.717) is 34.8 Å². The number of halogens is 2. The molecule has 26 heavy (non-hydrogen) atoms. The van der Waals surface area contributed by atoms with Crippen molar-refractivity contribution in [2.24, 2.45) is 0 Å².